The molecule has 0 saturated carbocycles. The van der Waals surface area contributed by atoms with Crippen LogP contribution in [0.25, 0.3) is 76.9 Å². The van der Waals surface area contributed by atoms with Gasteiger partial charge in [-0.3, -0.25) is 0 Å². The van der Waals surface area contributed by atoms with E-state index in [2.05, 4.69) is 143 Å². The summed E-state index contributed by atoms with van der Waals surface area (Å²) < 4.78 is 11.3. The summed E-state index contributed by atoms with van der Waals surface area (Å²) in [5, 5.41) is 7.27. The summed E-state index contributed by atoms with van der Waals surface area (Å²) in [6, 6.07) is 47.5. The molecule has 39 heavy (non-hydrogen) atoms. The van der Waals surface area contributed by atoms with Crippen LogP contribution < -0.4 is 0 Å². The van der Waals surface area contributed by atoms with Crippen LogP contribution in [0.4, 0.5) is 0 Å². The largest absolute Gasteiger partial charge is 0.456 e. The Kier molecular flexibility index (Phi) is 4.05. The van der Waals surface area contributed by atoms with Gasteiger partial charge < -0.3 is 13.6 Å². The van der Waals surface area contributed by atoms with Crippen LogP contribution in [0, 0.1) is 0 Å². The molecule has 3 nitrogen and oxygen atoms in total. The van der Waals surface area contributed by atoms with Crippen molar-refractivity contribution in [3.63, 3.8) is 0 Å². The predicted octanol–water partition coefficient (Wildman–Crippen LogP) is 9.78. The van der Waals surface area contributed by atoms with Gasteiger partial charge in [0.1, 0.15) is 11.2 Å². The zero-order valence-electron chi connectivity index (χ0n) is 21.0. The molecule has 9 aromatic rings. The summed E-state index contributed by atoms with van der Waals surface area (Å²) in [6.45, 7) is 0. The van der Waals surface area contributed by atoms with Crippen molar-refractivity contribution in [1.82, 2.24) is 9.13 Å². The molecule has 0 spiro atoms. The maximum absolute atomic E-state index is 6.55. The van der Waals surface area contributed by atoms with Crippen LogP contribution in [0.2, 0.25) is 0 Å². The van der Waals surface area contributed by atoms with Crippen molar-refractivity contribution < 1.29 is 4.42 Å². The average molecular weight is 499 g/mol. The summed E-state index contributed by atoms with van der Waals surface area (Å²) in [4.78, 5) is 0. The minimum atomic E-state index is 0.887. The van der Waals surface area contributed by atoms with E-state index in [4.69, 9.17) is 4.42 Å². The number of hydrogen-bond donors (Lipinski definition) is 0. The Morgan fingerprint density at radius 1 is 0.385 bits per heavy atom. The molecule has 0 bridgehead atoms. The van der Waals surface area contributed by atoms with Crippen molar-refractivity contribution in [3.8, 4) is 11.4 Å². The third-order valence-electron chi connectivity index (χ3n) is 8.12. The molecule has 0 aliphatic heterocycles. The quantitative estimate of drug-likeness (QED) is 0.233. The van der Waals surface area contributed by atoms with E-state index in [1.54, 1.807) is 0 Å². The van der Waals surface area contributed by atoms with Crippen LogP contribution in [0.5, 0.6) is 0 Å². The minimum Gasteiger partial charge on any atom is -0.456 e. The summed E-state index contributed by atoms with van der Waals surface area (Å²) in [6.07, 6.45) is 0. The highest BCUT2D eigenvalue weighted by atomic mass is 16.3. The lowest BCUT2D eigenvalue weighted by atomic mass is 10.1. The molecular formula is C36H22N2O. The van der Waals surface area contributed by atoms with Gasteiger partial charge in [0.2, 0.25) is 0 Å². The van der Waals surface area contributed by atoms with Gasteiger partial charge in [-0.2, -0.15) is 0 Å². The molecule has 0 saturated heterocycles. The van der Waals surface area contributed by atoms with E-state index in [9.17, 15) is 0 Å². The number of furan rings is 1. The maximum Gasteiger partial charge on any atom is 0.137 e. The first-order valence-corrected chi connectivity index (χ1v) is 13.3. The summed E-state index contributed by atoms with van der Waals surface area (Å²) in [5.74, 6) is 0. The molecule has 3 aromatic heterocycles. The third kappa shape index (κ3) is 2.76. The Bertz CT molecular complexity index is 2290. The molecule has 0 atom stereocenters. The van der Waals surface area contributed by atoms with E-state index < -0.39 is 0 Å². The van der Waals surface area contributed by atoms with Gasteiger partial charge in [0.15, 0.2) is 0 Å². The first-order valence-electron chi connectivity index (χ1n) is 13.3. The lowest BCUT2D eigenvalue weighted by Crippen LogP contribution is -1.95. The van der Waals surface area contributed by atoms with E-state index >= 15 is 0 Å². The van der Waals surface area contributed by atoms with Gasteiger partial charge in [0.05, 0.1) is 33.1 Å². The number of hydrogen-bond acceptors (Lipinski definition) is 1. The fourth-order valence-electron chi connectivity index (χ4n) is 6.50. The van der Waals surface area contributed by atoms with E-state index in [0.29, 0.717) is 0 Å². The van der Waals surface area contributed by atoms with Gasteiger partial charge in [-0.05, 0) is 48.5 Å². The van der Waals surface area contributed by atoms with Gasteiger partial charge in [-0.1, -0.05) is 78.9 Å². The van der Waals surface area contributed by atoms with E-state index in [1.807, 2.05) is 0 Å². The molecule has 6 aromatic carbocycles. The van der Waals surface area contributed by atoms with Gasteiger partial charge in [-0.25, -0.2) is 0 Å². The molecule has 182 valence electrons. The number of benzene rings is 6. The molecule has 0 amide bonds. The number of rotatable bonds is 2. The van der Waals surface area contributed by atoms with Gasteiger partial charge in [-0.15, -0.1) is 0 Å². The van der Waals surface area contributed by atoms with E-state index in [0.717, 1.165) is 33.3 Å². The Hall–Kier alpha value is -5.28. The Morgan fingerprint density at radius 2 is 0.897 bits per heavy atom. The van der Waals surface area contributed by atoms with Crippen LogP contribution in [0.1, 0.15) is 0 Å². The molecule has 0 unspecified atom stereocenters. The molecule has 0 radical (unpaired) electrons. The van der Waals surface area contributed by atoms with Crippen molar-refractivity contribution in [2.45, 2.75) is 0 Å². The van der Waals surface area contributed by atoms with Crippen LogP contribution >= 0.6 is 0 Å². The monoisotopic (exact) mass is 498 g/mol. The van der Waals surface area contributed by atoms with Crippen molar-refractivity contribution in [2.75, 3.05) is 0 Å². The molecule has 3 heteroatoms. The highest BCUT2D eigenvalue weighted by molar-refractivity contribution is 6.15. The second-order valence-corrected chi connectivity index (χ2v) is 10.2. The molecule has 0 N–H and O–H groups in total. The zero-order chi connectivity index (χ0) is 25.5. The van der Waals surface area contributed by atoms with Gasteiger partial charge in [0.25, 0.3) is 0 Å². The smallest absolute Gasteiger partial charge is 0.137 e. The highest BCUT2D eigenvalue weighted by Gasteiger charge is 2.18. The number of nitrogens with zero attached hydrogens (tertiary/aromatic N) is 2. The van der Waals surface area contributed by atoms with Crippen molar-refractivity contribution >= 4 is 65.6 Å². The Morgan fingerprint density at radius 3 is 1.46 bits per heavy atom. The van der Waals surface area contributed by atoms with Gasteiger partial charge in [0, 0.05) is 38.7 Å². The molecule has 0 aliphatic carbocycles. The lowest BCUT2D eigenvalue weighted by molar-refractivity contribution is 0.668. The van der Waals surface area contributed by atoms with E-state index in [-0.39, 0.29) is 0 Å². The van der Waals surface area contributed by atoms with Crippen molar-refractivity contribution in [1.29, 1.82) is 0 Å². The molecule has 3 heterocycles. The van der Waals surface area contributed by atoms with Crippen LogP contribution in [-0.4, -0.2) is 9.13 Å². The van der Waals surface area contributed by atoms with Gasteiger partial charge >= 0.3 is 0 Å². The molecule has 9 rings (SSSR count). The zero-order valence-corrected chi connectivity index (χ0v) is 21.0. The predicted molar refractivity (Wildman–Crippen MR) is 162 cm³/mol. The summed E-state index contributed by atoms with van der Waals surface area (Å²) in [5.41, 5.74) is 8.79. The maximum atomic E-state index is 6.55. The molecule has 0 fully saturated rings. The normalized spacial score (nSPS) is 12.1. The first kappa shape index (κ1) is 20.7. The van der Waals surface area contributed by atoms with Crippen molar-refractivity contribution in [3.05, 3.63) is 133 Å². The minimum absolute atomic E-state index is 0.887. The van der Waals surface area contributed by atoms with Crippen LogP contribution in [0.3, 0.4) is 0 Å². The fraction of sp³-hybridized carbons (Fsp3) is 0. The Labute approximate surface area is 223 Å². The van der Waals surface area contributed by atoms with E-state index in [1.165, 1.54) is 43.6 Å². The Balaban J connectivity index is 1.35. The number of fused-ring (bicyclic) bond motifs is 9. The topological polar surface area (TPSA) is 23.0 Å². The fourth-order valence-corrected chi connectivity index (χ4v) is 6.50. The van der Waals surface area contributed by atoms with Crippen molar-refractivity contribution in [2.24, 2.45) is 0 Å². The second-order valence-electron chi connectivity index (χ2n) is 10.2. The lowest BCUT2D eigenvalue weighted by Gasteiger charge is -2.10. The second kappa shape index (κ2) is 7.62. The summed E-state index contributed by atoms with van der Waals surface area (Å²) >= 11 is 0. The summed E-state index contributed by atoms with van der Waals surface area (Å²) in [7, 11) is 0. The SMILES string of the molecule is c1cc(-n2c3ccccc3c3ccccc32)c2c(c1)oc1cc(-n3c4ccccc4c4ccccc43)ccc12. The highest BCUT2D eigenvalue weighted by Crippen LogP contribution is 2.40. The number of para-hydroxylation sites is 4. The molecular weight excluding hydrogens is 476 g/mol. The first-order chi connectivity index (χ1) is 19.4. The van der Waals surface area contributed by atoms with Crippen LogP contribution in [-0.2, 0) is 0 Å². The standard InChI is InChI=1S/C36H22N2O/c1-5-14-29-24(10-1)25-11-2-6-15-30(25)37(29)23-20-21-28-35(22-23)39-34-19-9-18-33(36(28)34)38-31-16-7-3-12-26(31)27-13-4-8-17-32(27)38/h1-22H. The number of aromatic nitrogens is 2. The average Bonchev–Trinajstić information content (AvgIpc) is 3.64. The third-order valence-corrected chi connectivity index (χ3v) is 8.12. The molecule has 0 aliphatic rings. The van der Waals surface area contributed by atoms with Crippen LogP contribution in [0.15, 0.2) is 138 Å².